The largest absolute Gasteiger partial charge is 0.497 e. The molecule has 0 heterocycles. The third kappa shape index (κ3) is 1.89. The van der Waals surface area contributed by atoms with Crippen LogP contribution in [0.2, 0.25) is 0 Å². The first-order chi connectivity index (χ1) is 8.98. The van der Waals surface area contributed by atoms with E-state index in [-0.39, 0.29) is 0 Å². The molecule has 1 aromatic carbocycles. The Morgan fingerprint density at radius 3 is 2.37 bits per heavy atom. The zero-order valence-corrected chi connectivity index (χ0v) is 12.8. The van der Waals surface area contributed by atoms with E-state index in [1.54, 1.807) is 18.2 Å². The number of methoxy groups -OCH3 is 1. The second-order valence-corrected chi connectivity index (χ2v) is 7.27. The van der Waals surface area contributed by atoms with E-state index >= 15 is 0 Å². The Morgan fingerprint density at radius 1 is 1.05 bits per heavy atom. The van der Waals surface area contributed by atoms with Crippen LogP contribution >= 0.6 is 0 Å². The molecule has 3 rings (SSSR count). The lowest BCUT2D eigenvalue weighted by Crippen LogP contribution is -2.28. The van der Waals surface area contributed by atoms with Gasteiger partial charge in [0.2, 0.25) is 0 Å². The highest BCUT2D eigenvalue weighted by atomic mass is 16.5. The number of aryl methyl sites for hydroxylation is 1. The molecule has 2 aliphatic rings. The molecule has 1 fully saturated rings. The van der Waals surface area contributed by atoms with Crippen LogP contribution in [-0.2, 0) is 10.8 Å². The molecule has 19 heavy (non-hydrogen) atoms. The molecule has 1 nitrogen and oxygen atoms in total. The summed E-state index contributed by atoms with van der Waals surface area (Å²) in [5.74, 6) is 1.04. The van der Waals surface area contributed by atoms with Crippen LogP contribution in [0.3, 0.4) is 0 Å². The highest BCUT2D eigenvalue weighted by molar-refractivity contribution is 5.53. The van der Waals surface area contributed by atoms with Gasteiger partial charge in [-0.25, -0.2) is 0 Å². The molecule has 0 N–H and O–H groups in total. The highest BCUT2D eigenvalue weighted by Gasteiger charge is 2.48. The van der Waals surface area contributed by atoms with Gasteiger partial charge in [0.15, 0.2) is 0 Å². The minimum Gasteiger partial charge on any atom is -0.497 e. The highest BCUT2D eigenvalue weighted by Crippen LogP contribution is 2.57. The standard InChI is InChI=1S/C18H26O/c1-13-10-14(19-4)11-15-16(13)17(2,3)12-18(15)8-6-5-7-9-18/h10-11H,5-9,12H2,1-4H3. The summed E-state index contributed by atoms with van der Waals surface area (Å²) in [6.45, 7) is 7.11. The van der Waals surface area contributed by atoms with Gasteiger partial charge < -0.3 is 4.74 Å². The summed E-state index contributed by atoms with van der Waals surface area (Å²) < 4.78 is 5.52. The predicted molar refractivity (Wildman–Crippen MR) is 80.1 cm³/mol. The summed E-state index contributed by atoms with van der Waals surface area (Å²) in [6, 6.07) is 4.55. The Hall–Kier alpha value is -0.980. The summed E-state index contributed by atoms with van der Waals surface area (Å²) in [7, 11) is 1.79. The van der Waals surface area contributed by atoms with Gasteiger partial charge in [-0.15, -0.1) is 0 Å². The van der Waals surface area contributed by atoms with Crippen LogP contribution in [0.1, 0.15) is 69.1 Å². The molecule has 0 amide bonds. The van der Waals surface area contributed by atoms with Crippen molar-refractivity contribution in [2.75, 3.05) is 7.11 Å². The van der Waals surface area contributed by atoms with Crippen molar-refractivity contribution in [3.63, 3.8) is 0 Å². The van der Waals surface area contributed by atoms with Crippen LogP contribution in [0.5, 0.6) is 5.75 Å². The van der Waals surface area contributed by atoms with E-state index in [1.807, 2.05) is 0 Å². The minimum absolute atomic E-state index is 0.322. The first kappa shape index (κ1) is 13.0. The van der Waals surface area contributed by atoms with E-state index in [0.717, 1.165) is 5.75 Å². The summed E-state index contributed by atoms with van der Waals surface area (Å²) in [5, 5.41) is 0. The summed E-state index contributed by atoms with van der Waals surface area (Å²) in [6.07, 6.45) is 8.27. The van der Waals surface area contributed by atoms with Crippen molar-refractivity contribution < 1.29 is 4.74 Å². The van der Waals surface area contributed by atoms with E-state index in [2.05, 4.69) is 32.9 Å². The minimum atomic E-state index is 0.322. The Kier molecular flexibility index (Phi) is 2.92. The predicted octanol–water partition coefficient (Wildman–Crippen LogP) is 4.89. The molecule has 0 aliphatic heterocycles. The quantitative estimate of drug-likeness (QED) is 0.697. The third-order valence-electron chi connectivity index (χ3n) is 5.38. The maximum atomic E-state index is 5.52. The first-order valence-electron chi connectivity index (χ1n) is 7.68. The summed E-state index contributed by atoms with van der Waals surface area (Å²) in [4.78, 5) is 0. The van der Waals surface area contributed by atoms with Gasteiger partial charge in [0.05, 0.1) is 7.11 Å². The molecular formula is C18H26O. The number of benzene rings is 1. The molecule has 104 valence electrons. The summed E-state index contributed by atoms with van der Waals surface area (Å²) in [5.41, 5.74) is 5.39. The lowest BCUT2D eigenvalue weighted by atomic mass is 9.69. The average molecular weight is 258 g/mol. The smallest absolute Gasteiger partial charge is 0.119 e. The zero-order valence-electron chi connectivity index (χ0n) is 12.8. The number of rotatable bonds is 1. The third-order valence-corrected chi connectivity index (χ3v) is 5.38. The Bertz CT molecular complexity index is 493. The van der Waals surface area contributed by atoms with Crippen molar-refractivity contribution in [2.24, 2.45) is 0 Å². The SMILES string of the molecule is COc1cc(C)c2c(c1)C1(CCCCC1)CC2(C)C. The molecule has 1 saturated carbocycles. The van der Waals surface area contributed by atoms with Gasteiger partial charge in [-0.05, 0) is 65.8 Å². The van der Waals surface area contributed by atoms with Gasteiger partial charge in [-0.2, -0.15) is 0 Å². The number of ether oxygens (including phenoxy) is 1. The molecule has 1 aromatic rings. The molecule has 0 atom stereocenters. The molecule has 0 saturated heterocycles. The van der Waals surface area contributed by atoms with E-state index in [9.17, 15) is 0 Å². The van der Waals surface area contributed by atoms with Gasteiger partial charge in [0.25, 0.3) is 0 Å². The first-order valence-corrected chi connectivity index (χ1v) is 7.68. The van der Waals surface area contributed by atoms with E-state index in [1.165, 1.54) is 44.1 Å². The van der Waals surface area contributed by atoms with Crippen LogP contribution < -0.4 is 4.74 Å². The fraction of sp³-hybridized carbons (Fsp3) is 0.667. The van der Waals surface area contributed by atoms with Crippen molar-refractivity contribution in [1.29, 1.82) is 0 Å². The normalized spacial score (nSPS) is 23.4. The van der Waals surface area contributed by atoms with Crippen LogP contribution in [0.25, 0.3) is 0 Å². The van der Waals surface area contributed by atoms with E-state index < -0.39 is 0 Å². The van der Waals surface area contributed by atoms with Crippen molar-refractivity contribution in [3.05, 3.63) is 28.8 Å². The average Bonchev–Trinajstić information content (AvgIpc) is 2.58. The number of hydrogen-bond acceptors (Lipinski definition) is 1. The Morgan fingerprint density at radius 2 is 1.74 bits per heavy atom. The molecule has 0 bridgehead atoms. The molecule has 1 heteroatoms. The number of hydrogen-bond donors (Lipinski definition) is 0. The molecule has 0 unspecified atom stereocenters. The van der Waals surface area contributed by atoms with Crippen molar-refractivity contribution in [2.45, 2.75) is 70.1 Å². The maximum Gasteiger partial charge on any atom is 0.119 e. The molecule has 1 spiro atoms. The van der Waals surface area contributed by atoms with Gasteiger partial charge in [-0.3, -0.25) is 0 Å². The topological polar surface area (TPSA) is 9.23 Å². The van der Waals surface area contributed by atoms with Gasteiger partial charge in [-0.1, -0.05) is 33.1 Å². The lowest BCUT2D eigenvalue weighted by molar-refractivity contribution is 0.257. The second kappa shape index (κ2) is 4.26. The fourth-order valence-electron chi connectivity index (χ4n) is 4.89. The van der Waals surface area contributed by atoms with E-state index in [0.29, 0.717) is 10.8 Å². The van der Waals surface area contributed by atoms with Crippen LogP contribution in [-0.4, -0.2) is 7.11 Å². The van der Waals surface area contributed by atoms with Crippen LogP contribution in [0.4, 0.5) is 0 Å². The van der Waals surface area contributed by atoms with E-state index in [4.69, 9.17) is 4.74 Å². The monoisotopic (exact) mass is 258 g/mol. The molecular weight excluding hydrogens is 232 g/mol. The Labute approximate surface area is 117 Å². The van der Waals surface area contributed by atoms with Crippen molar-refractivity contribution in [3.8, 4) is 5.75 Å². The second-order valence-electron chi connectivity index (χ2n) is 7.27. The molecule has 0 radical (unpaired) electrons. The number of fused-ring (bicyclic) bond motifs is 2. The van der Waals surface area contributed by atoms with Crippen LogP contribution in [0.15, 0.2) is 12.1 Å². The van der Waals surface area contributed by atoms with Gasteiger partial charge >= 0.3 is 0 Å². The van der Waals surface area contributed by atoms with Crippen LogP contribution in [0, 0.1) is 6.92 Å². The van der Waals surface area contributed by atoms with Crippen molar-refractivity contribution in [1.82, 2.24) is 0 Å². The lowest BCUT2D eigenvalue weighted by Gasteiger charge is -2.36. The molecule has 0 aromatic heterocycles. The van der Waals surface area contributed by atoms with Gasteiger partial charge in [0, 0.05) is 0 Å². The summed E-state index contributed by atoms with van der Waals surface area (Å²) >= 11 is 0. The van der Waals surface area contributed by atoms with Gasteiger partial charge in [0.1, 0.15) is 5.75 Å². The molecule has 2 aliphatic carbocycles. The zero-order chi connectivity index (χ0) is 13.7. The Balaban J connectivity index is 2.19. The fourth-order valence-corrected chi connectivity index (χ4v) is 4.89. The maximum absolute atomic E-state index is 5.52. The van der Waals surface area contributed by atoms with Crippen molar-refractivity contribution >= 4 is 0 Å².